The van der Waals surface area contributed by atoms with Crippen LogP contribution < -0.4 is 5.32 Å². The van der Waals surface area contributed by atoms with E-state index < -0.39 is 12.1 Å². The smallest absolute Gasteiger partial charge is 0.305 e. The van der Waals surface area contributed by atoms with Gasteiger partial charge in [0.15, 0.2) is 0 Å². The number of allylic oxidation sites excluding steroid dienone is 5. The molecule has 0 rings (SSSR count). The SMILES string of the molecule is CCCCCCCCC/C=C\CCCCCCCCCC(=O)OCCCCCCCCCCCCCC/C=C\CCCCCCCCCCCCCCC(=O)NC(CO)C(O)/C=C/CCCCCCCCCCCCCCCCCCCCCCCCC. The molecule has 0 aromatic heterocycles. The summed E-state index contributed by atoms with van der Waals surface area (Å²) < 4.78 is 5.51. The number of hydrogen-bond acceptors (Lipinski definition) is 5. The van der Waals surface area contributed by atoms with Gasteiger partial charge >= 0.3 is 5.97 Å². The Morgan fingerprint density at radius 2 is 0.534 bits per heavy atom. The molecule has 0 aliphatic rings. The van der Waals surface area contributed by atoms with Crippen LogP contribution in [0.5, 0.6) is 0 Å². The summed E-state index contributed by atoms with van der Waals surface area (Å²) in [6, 6.07) is -0.630. The lowest BCUT2D eigenvalue weighted by atomic mass is 10.0. The number of unbranched alkanes of at least 4 members (excludes halogenated alkanes) is 61. The summed E-state index contributed by atoms with van der Waals surface area (Å²) in [5, 5.41) is 23.3. The third-order valence-corrected chi connectivity index (χ3v) is 18.9. The summed E-state index contributed by atoms with van der Waals surface area (Å²) in [4.78, 5) is 24.7. The molecule has 0 radical (unpaired) electrons. The van der Waals surface area contributed by atoms with Crippen LogP contribution in [0.1, 0.15) is 450 Å². The van der Waals surface area contributed by atoms with Gasteiger partial charge in [-0.1, -0.05) is 391 Å². The van der Waals surface area contributed by atoms with E-state index in [2.05, 4.69) is 43.5 Å². The number of rotatable bonds is 76. The Morgan fingerprint density at radius 3 is 0.807 bits per heavy atom. The third-order valence-electron chi connectivity index (χ3n) is 18.9. The summed E-state index contributed by atoms with van der Waals surface area (Å²) in [7, 11) is 0. The average molecular weight is 1240 g/mol. The maximum absolute atomic E-state index is 12.6. The van der Waals surface area contributed by atoms with Crippen molar-refractivity contribution in [1.29, 1.82) is 0 Å². The molecule has 0 spiro atoms. The number of aliphatic hydroxyl groups is 2. The number of amides is 1. The summed E-state index contributed by atoms with van der Waals surface area (Å²) in [6.07, 6.45) is 101. The van der Waals surface area contributed by atoms with Gasteiger partial charge in [-0.2, -0.15) is 0 Å². The Hall–Kier alpha value is -1.92. The van der Waals surface area contributed by atoms with Crippen molar-refractivity contribution in [2.75, 3.05) is 13.2 Å². The summed E-state index contributed by atoms with van der Waals surface area (Å²) in [6.45, 7) is 4.95. The van der Waals surface area contributed by atoms with E-state index in [1.807, 2.05) is 6.08 Å². The molecule has 2 unspecified atom stereocenters. The van der Waals surface area contributed by atoms with Crippen LogP contribution >= 0.6 is 0 Å². The first-order valence-electron chi connectivity index (χ1n) is 40.3. The summed E-state index contributed by atoms with van der Waals surface area (Å²) >= 11 is 0. The second kappa shape index (κ2) is 77.5. The van der Waals surface area contributed by atoms with Crippen LogP contribution in [-0.4, -0.2) is 47.4 Å². The standard InChI is InChI=1S/C82H157NO5/c1-3-5-7-9-11-13-15-17-19-21-23-24-25-30-33-36-39-42-46-50-54-58-62-66-70-74-80(85)79(78-84)83-81(86)75-71-67-63-59-55-51-47-43-40-37-34-31-28-26-27-29-32-35-38-41-45-49-53-57-61-65-69-73-77-88-82(87)76-72-68-64-60-56-52-48-44-22-20-18-16-14-12-10-8-6-4-2/h20,22,26-27,70,74,79-80,84-85H,3-19,21,23-25,28-69,71-73,75-78H2,1-2H3,(H,83,86)/b22-20-,27-26-,74-70+. The largest absolute Gasteiger partial charge is 0.466 e. The molecule has 0 saturated carbocycles. The molecular formula is C82H157NO5. The topological polar surface area (TPSA) is 95.9 Å². The average Bonchev–Trinajstić information content (AvgIpc) is 3.58. The number of carbonyl (C=O) groups excluding carboxylic acids is 2. The van der Waals surface area contributed by atoms with Crippen molar-refractivity contribution in [2.45, 2.75) is 463 Å². The lowest BCUT2D eigenvalue weighted by molar-refractivity contribution is -0.143. The van der Waals surface area contributed by atoms with Crippen LogP contribution in [0.15, 0.2) is 36.5 Å². The summed E-state index contributed by atoms with van der Waals surface area (Å²) in [5.41, 5.74) is 0. The van der Waals surface area contributed by atoms with E-state index in [9.17, 15) is 19.8 Å². The van der Waals surface area contributed by atoms with Crippen molar-refractivity contribution >= 4 is 11.9 Å². The van der Waals surface area contributed by atoms with E-state index in [0.717, 1.165) is 44.9 Å². The van der Waals surface area contributed by atoms with Crippen molar-refractivity contribution in [3.8, 4) is 0 Å². The first-order chi connectivity index (χ1) is 43.5. The molecule has 1 amide bonds. The molecule has 0 aromatic carbocycles. The molecule has 0 heterocycles. The van der Waals surface area contributed by atoms with Crippen LogP contribution in [0, 0.1) is 0 Å². The molecule has 88 heavy (non-hydrogen) atoms. The highest BCUT2D eigenvalue weighted by atomic mass is 16.5. The number of esters is 1. The maximum Gasteiger partial charge on any atom is 0.305 e. The zero-order valence-electron chi connectivity index (χ0n) is 59.7. The molecule has 0 saturated heterocycles. The molecule has 6 nitrogen and oxygen atoms in total. The number of nitrogens with one attached hydrogen (secondary N) is 1. The van der Waals surface area contributed by atoms with Crippen LogP contribution in [0.4, 0.5) is 0 Å². The molecule has 0 aliphatic carbocycles. The molecule has 0 fully saturated rings. The number of carbonyl (C=O) groups is 2. The van der Waals surface area contributed by atoms with E-state index in [4.69, 9.17) is 4.74 Å². The second-order valence-corrected chi connectivity index (χ2v) is 27.7. The Balaban J connectivity index is 3.40. The Labute approximate surface area is 551 Å². The van der Waals surface area contributed by atoms with Gasteiger partial charge in [-0.25, -0.2) is 0 Å². The fourth-order valence-corrected chi connectivity index (χ4v) is 12.7. The van der Waals surface area contributed by atoms with Crippen molar-refractivity contribution < 1.29 is 24.5 Å². The predicted molar refractivity (Wildman–Crippen MR) is 389 cm³/mol. The Kier molecular flexibility index (Phi) is 75.8. The van der Waals surface area contributed by atoms with Gasteiger partial charge in [0, 0.05) is 12.8 Å². The quantitative estimate of drug-likeness (QED) is 0.0320. The number of ether oxygens (including phenoxy) is 1. The van der Waals surface area contributed by atoms with Crippen LogP contribution in [0.2, 0.25) is 0 Å². The van der Waals surface area contributed by atoms with Crippen molar-refractivity contribution in [1.82, 2.24) is 5.32 Å². The zero-order valence-corrected chi connectivity index (χ0v) is 59.7. The number of hydrogen-bond donors (Lipinski definition) is 3. The second-order valence-electron chi connectivity index (χ2n) is 27.7. The molecule has 0 aromatic rings. The van der Waals surface area contributed by atoms with Crippen molar-refractivity contribution in [3.05, 3.63) is 36.5 Å². The first-order valence-corrected chi connectivity index (χ1v) is 40.3. The van der Waals surface area contributed by atoms with Gasteiger partial charge in [0.05, 0.1) is 25.4 Å². The highest BCUT2D eigenvalue weighted by molar-refractivity contribution is 5.76. The van der Waals surface area contributed by atoms with Crippen molar-refractivity contribution in [2.24, 2.45) is 0 Å². The molecule has 6 heteroatoms. The molecule has 0 bridgehead atoms. The fraction of sp³-hybridized carbons (Fsp3) is 0.902. The van der Waals surface area contributed by atoms with E-state index in [1.54, 1.807) is 6.08 Å². The maximum atomic E-state index is 12.6. The first kappa shape index (κ1) is 86.1. The molecule has 2 atom stereocenters. The van der Waals surface area contributed by atoms with Crippen LogP contribution in [0.3, 0.4) is 0 Å². The normalized spacial score (nSPS) is 12.6. The monoisotopic (exact) mass is 1240 g/mol. The fourth-order valence-electron chi connectivity index (χ4n) is 12.7. The van der Waals surface area contributed by atoms with Gasteiger partial charge in [-0.3, -0.25) is 9.59 Å². The highest BCUT2D eigenvalue weighted by Crippen LogP contribution is 2.20. The highest BCUT2D eigenvalue weighted by Gasteiger charge is 2.18. The molecule has 0 aliphatic heterocycles. The Morgan fingerprint density at radius 1 is 0.307 bits per heavy atom. The van der Waals surface area contributed by atoms with Gasteiger partial charge in [0.2, 0.25) is 5.91 Å². The Bertz CT molecular complexity index is 1430. The molecular weight excluding hydrogens is 1080 g/mol. The van der Waals surface area contributed by atoms with Crippen LogP contribution in [0.25, 0.3) is 0 Å². The van der Waals surface area contributed by atoms with E-state index >= 15 is 0 Å². The third kappa shape index (κ3) is 73.1. The summed E-state index contributed by atoms with van der Waals surface area (Å²) in [5.74, 6) is -0.0494. The van der Waals surface area contributed by atoms with Crippen LogP contribution in [-0.2, 0) is 14.3 Å². The van der Waals surface area contributed by atoms with Gasteiger partial charge in [-0.05, 0) is 83.5 Å². The molecule has 520 valence electrons. The van der Waals surface area contributed by atoms with Gasteiger partial charge in [0.1, 0.15) is 0 Å². The minimum absolute atomic E-state index is 0.0135. The van der Waals surface area contributed by atoms with E-state index in [-0.39, 0.29) is 18.5 Å². The van der Waals surface area contributed by atoms with Gasteiger partial charge < -0.3 is 20.3 Å². The van der Waals surface area contributed by atoms with Gasteiger partial charge in [-0.15, -0.1) is 0 Å². The van der Waals surface area contributed by atoms with E-state index in [1.165, 1.54) is 379 Å². The minimum Gasteiger partial charge on any atom is -0.466 e. The number of aliphatic hydroxyl groups excluding tert-OH is 2. The minimum atomic E-state index is -0.847. The van der Waals surface area contributed by atoms with Gasteiger partial charge in [0.25, 0.3) is 0 Å². The molecule has 3 N–H and O–H groups in total. The predicted octanol–water partition coefficient (Wildman–Crippen LogP) is 26.6. The van der Waals surface area contributed by atoms with E-state index in [0.29, 0.717) is 19.4 Å². The zero-order chi connectivity index (χ0) is 63.5. The van der Waals surface area contributed by atoms with Crippen molar-refractivity contribution in [3.63, 3.8) is 0 Å². The lowest BCUT2D eigenvalue weighted by Gasteiger charge is -2.20. The lowest BCUT2D eigenvalue weighted by Crippen LogP contribution is -2.45.